The van der Waals surface area contributed by atoms with E-state index in [1.807, 2.05) is 42.5 Å². The maximum absolute atomic E-state index is 12.3. The number of aromatic nitrogens is 2. The van der Waals surface area contributed by atoms with Crippen LogP contribution in [0.4, 0.5) is 16.3 Å². The van der Waals surface area contributed by atoms with Gasteiger partial charge in [-0.15, -0.1) is 0 Å². The van der Waals surface area contributed by atoms with Crippen LogP contribution >= 0.6 is 0 Å². The first-order valence-corrected chi connectivity index (χ1v) is 9.79. The Bertz CT molecular complexity index is 954. The molecule has 6 heteroatoms. The van der Waals surface area contributed by atoms with Crippen LogP contribution in [0.15, 0.2) is 54.9 Å². The molecule has 1 aliphatic rings. The second-order valence-electron chi connectivity index (χ2n) is 7.21. The summed E-state index contributed by atoms with van der Waals surface area (Å²) in [7, 11) is 0. The van der Waals surface area contributed by atoms with Crippen LogP contribution < -0.4 is 15.5 Å². The van der Waals surface area contributed by atoms with Crippen molar-refractivity contribution in [2.45, 2.75) is 32.2 Å². The number of amides is 2. The summed E-state index contributed by atoms with van der Waals surface area (Å²) in [5.74, 6) is 0.970. The standard InChI is InChI=1S/C22H25N5O/c1-16-8-7-12-19-20(16)21(25-15-24-19)27-13-6-5-11-18(27)14-23-22(28)26-17-9-3-2-4-10-17/h2-4,7-10,12,15,18H,5-6,11,13-14H2,1H3,(H2,23,26,28). The first-order chi connectivity index (χ1) is 13.7. The number of aryl methyl sites for hydroxylation is 1. The van der Waals surface area contributed by atoms with E-state index in [9.17, 15) is 4.79 Å². The molecule has 2 N–H and O–H groups in total. The number of para-hydroxylation sites is 1. The quantitative estimate of drug-likeness (QED) is 0.720. The van der Waals surface area contributed by atoms with Crippen LogP contribution in [-0.4, -0.2) is 35.1 Å². The van der Waals surface area contributed by atoms with Crippen molar-refractivity contribution in [2.24, 2.45) is 0 Å². The number of anilines is 2. The summed E-state index contributed by atoms with van der Waals surface area (Å²) in [6.45, 7) is 3.61. The number of hydrogen-bond acceptors (Lipinski definition) is 4. The van der Waals surface area contributed by atoms with Crippen LogP contribution in [0.5, 0.6) is 0 Å². The average Bonchev–Trinajstić information content (AvgIpc) is 2.73. The molecule has 2 heterocycles. The summed E-state index contributed by atoms with van der Waals surface area (Å²) in [4.78, 5) is 23.7. The molecule has 4 rings (SSSR count). The lowest BCUT2D eigenvalue weighted by Gasteiger charge is -2.37. The molecule has 0 spiro atoms. The van der Waals surface area contributed by atoms with Crippen molar-refractivity contribution in [3.63, 3.8) is 0 Å². The molecule has 1 fully saturated rings. The lowest BCUT2D eigenvalue weighted by Crippen LogP contribution is -2.48. The smallest absolute Gasteiger partial charge is 0.319 e. The fourth-order valence-electron chi connectivity index (χ4n) is 3.88. The summed E-state index contributed by atoms with van der Waals surface area (Å²) in [6, 6.07) is 15.7. The first kappa shape index (κ1) is 18.2. The summed E-state index contributed by atoms with van der Waals surface area (Å²) < 4.78 is 0. The third-order valence-electron chi connectivity index (χ3n) is 5.28. The van der Waals surface area contributed by atoms with E-state index in [1.165, 1.54) is 5.56 Å². The lowest BCUT2D eigenvalue weighted by molar-refractivity contribution is 0.250. The van der Waals surface area contributed by atoms with Crippen molar-refractivity contribution >= 4 is 28.4 Å². The lowest BCUT2D eigenvalue weighted by atomic mass is 10.0. The molecular weight excluding hydrogens is 350 g/mol. The number of urea groups is 1. The maximum atomic E-state index is 12.3. The van der Waals surface area contributed by atoms with E-state index >= 15 is 0 Å². The number of rotatable bonds is 4. The van der Waals surface area contributed by atoms with Crippen LogP contribution in [0.25, 0.3) is 10.9 Å². The fraction of sp³-hybridized carbons (Fsp3) is 0.318. The number of piperidine rings is 1. The third kappa shape index (κ3) is 3.91. The Morgan fingerprint density at radius 3 is 2.82 bits per heavy atom. The largest absolute Gasteiger partial charge is 0.351 e. The van der Waals surface area contributed by atoms with Gasteiger partial charge < -0.3 is 15.5 Å². The second-order valence-corrected chi connectivity index (χ2v) is 7.21. The molecule has 1 saturated heterocycles. The number of fused-ring (bicyclic) bond motifs is 1. The van der Waals surface area contributed by atoms with Crippen molar-refractivity contribution < 1.29 is 4.79 Å². The Balaban J connectivity index is 1.50. The minimum Gasteiger partial charge on any atom is -0.351 e. The van der Waals surface area contributed by atoms with Crippen molar-refractivity contribution in [1.29, 1.82) is 0 Å². The molecule has 1 aromatic heterocycles. The Kier molecular flexibility index (Phi) is 5.37. The zero-order chi connectivity index (χ0) is 19.3. The molecule has 0 aliphatic carbocycles. The molecule has 0 radical (unpaired) electrons. The van der Waals surface area contributed by atoms with Gasteiger partial charge in [-0.25, -0.2) is 14.8 Å². The molecule has 28 heavy (non-hydrogen) atoms. The number of nitrogens with one attached hydrogen (secondary N) is 2. The van der Waals surface area contributed by atoms with Gasteiger partial charge in [0.25, 0.3) is 0 Å². The van der Waals surface area contributed by atoms with Crippen LogP contribution in [0.2, 0.25) is 0 Å². The molecule has 1 unspecified atom stereocenters. The Morgan fingerprint density at radius 2 is 1.96 bits per heavy atom. The van der Waals surface area contributed by atoms with Gasteiger partial charge in [0, 0.05) is 30.2 Å². The number of carbonyl (C=O) groups excluding carboxylic acids is 1. The van der Waals surface area contributed by atoms with Crippen molar-refractivity contribution in [3.05, 3.63) is 60.4 Å². The van der Waals surface area contributed by atoms with Crippen LogP contribution in [-0.2, 0) is 0 Å². The highest BCUT2D eigenvalue weighted by Gasteiger charge is 2.26. The van der Waals surface area contributed by atoms with Gasteiger partial charge in [0.05, 0.1) is 5.52 Å². The van der Waals surface area contributed by atoms with Crippen LogP contribution in [0.1, 0.15) is 24.8 Å². The van der Waals surface area contributed by atoms with Crippen molar-refractivity contribution in [3.8, 4) is 0 Å². The van der Waals surface area contributed by atoms with Gasteiger partial charge in [-0.2, -0.15) is 0 Å². The highest BCUT2D eigenvalue weighted by molar-refractivity contribution is 5.92. The number of carbonyl (C=O) groups is 1. The zero-order valence-electron chi connectivity index (χ0n) is 16.1. The maximum Gasteiger partial charge on any atom is 0.319 e. The van der Waals surface area contributed by atoms with Gasteiger partial charge in [-0.05, 0) is 49.9 Å². The van der Waals surface area contributed by atoms with Gasteiger partial charge in [-0.1, -0.05) is 30.3 Å². The topological polar surface area (TPSA) is 70.2 Å². The van der Waals surface area contributed by atoms with Crippen molar-refractivity contribution in [2.75, 3.05) is 23.3 Å². The monoisotopic (exact) mass is 375 g/mol. The van der Waals surface area contributed by atoms with E-state index < -0.39 is 0 Å². The summed E-state index contributed by atoms with van der Waals surface area (Å²) >= 11 is 0. The van der Waals surface area contributed by atoms with Gasteiger partial charge in [0.1, 0.15) is 12.1 Å². The Morgan fingerprint density at radius 1 is 1.11 bits per heavy atom. The molecular formula is C22H25N5O. The molecule has 6 nitrogen and oxygen atoms in total. The SMILES string of the molecule is Cc1cccc2ncnc(N3CCCCC3CNC(=O)Nc3ccccc3)c12. The Hall–Kier alpha value is -3.15. The molecule has 144 valence electrons. The van der Waals surface area contributed by atoms with Crippen LogP contribution in [0.3, 0.4) is 0 Å². The number of hydrogen-bond donors (Lipinski definition) is 2. The predicted molar refractivity (Wildman–Crippen MR) is 113 cm³/mol. The van der Waals surface area contributed by atoms with E-state index in [-0.39, 0.29) is 12.1 Å². The summed E-state index contributed by atoms with van der Waals surface area (Å²) in [6.07, 6.45) is 4.95. The number of benzene rings is 2. The molecule has 3 aromatic rings. The van der Waals surface area contributed by atoms with Gasteiger partial charge >= 0.3 is 6.03 Å². The van der Waals surface area contributed by atoms with Crippen molar-refractivity contribution in [1.82, 2.24) is 15.3 Å². The van der Waals surface area contributed by atoms with Gasteiger partial charge in [0.2, 0.25) is 0 Å². The molecule has 1 aliphatic heterocycles. The fourth-order valence-corrected chi connectivity index (χ4v) is 3.88. The molecule has 0 bridgehead atoms. The van der Waals surface area contributed by atoms with E-state index in [1.54, 1.807) is 6.33 Å². The predicted octanol–water partition coefficient (Wildman–Crippen LogP) is 4.12. The molecule has 1 atom stereocenters. The molecule has 2 amide bonds. The highest BCUT2D eigenvalue weighted by atomic mass is 16.2. The second kappa shape index (κ2) is 8.25. The highest BCUT2D eigenvalue weighted by Crippen LogP contribution is 2.30. The summed E-state index contributed by atoms with van der Waals surface area (Å²) in [5, 5.41) is 7.01. The van der Waals surface area contributed by atoms with E-state index in [0.717, 1.165) is 48.2 Å². The van der Waals surface area contributed by atoms with E-state index in [0.29, 0.717) is 6.54 Å². The zero-order valence-corrected chi connectivity index (χ0v) is 16.1. The molecule has 0 saturated carbocycles. The van der Waals surface area contributed by atoms with E-state index in [4.69, 9.17) is 0 Å². The third-order valence-corrected chi connectivity index (χ3v) is 5.28. The van der Waals surface area contributed by atoms with E-state index in [2.05, 4.69) is 38.5 Å². The molecule has 2 aromatic carbocycles. The normalized spacial score (nSPS) is 16.8. The summed E-state index contributed by atoms with van der Waals surface area (Å²) in [5.41, 5.74) is 2.93. The van der Waals surface area contributed by atoms with Crippen LogP contribution in [0, 0.1) is 6.92 Å². The van der Waals surface area contributed by atoms with Gasteiger partial charge in [0.15, 0.2) is 0 Å². The number of nitrogens with zero attached hydrogens (tertiary/aromatic N) is 3. The first-order valence-electron chi connectivity index (χ1n) is 9.79. The Labute approximate surface area is 165 Å². The minimum absolute atomic E-state index is 0.180. The van der Waals surface area contributed by atoms with Gasteiger partial charge in [-0.3, -0.25) is 0 Å². The minimum atomic E-state index is -0.180. The average molecular weight is 375 g/mol.